The first kappa shape index (κ1) is 17.8. The number of benzene rings is 1. The minimum absolute atomic E-state index is 0.119. The summed E-state index contributed by atoms with van der Waals surface area (Å²) in [6, 6.07) is 4.61. The number of alkyl halides is 3. The molecule has 2 aliphatic rings. The summed E-state index contributed by atoms with van der Waals surface area (Å²) >= 11 is 0. The quantitative estimate of drug-likeness (QED) is 0.843. The summed E-state index contributed by atoms with van der Waals surface area (Å²) in [5, 5.41) is 5.60. The Morgan fingerprint density at radius 1 is 1.08 bits per heavy atom. The topological polar surface area (TPSA) is 58.2 Å². The van der Waals surface area contributed by atoms with E-state index in [-0.39, 0.29) is 24.3 Å². The molecule has 7 heteroatoms. The Hall–Kier alpha value is -2.05. The molecule has 2 amide bonds. The second-order valence-electron chi connectivity index (χ2n) is 7.04. The molecule has 0 atom stereocenters. The number of hydrogen-bond donors (Lipinski definition) is 2. The van der Waals surface area contributed by atoms with Gasteiger partial charge in [0.25, 0.3) is 0 Å². The molecule has 0 heterocycles. The number of halogens is 3. The predicted molar refractivity (Wildman–Crippen MR) is 86.8 cm³/mol. The van der Waals surface area contributed by atoms with Crippen LogP contribution in [0.1, 0.15) is 50.5 Å². The van der Waals surface area contributed by atoms with Gasteiger partial charge in [-0.15, -0.1) is 0 Å². The Morgan fingerprint density at radius 3 is 2.20 bits per heavy atom. The van der Waals surface area contributed by atoms with Crippen molar-refractivity contribution in [3.8, 4) is 0 Å². The zero-order valence-corrected chi connectivity index (χ0v) is 13.8. The molecule has 0 spiro atoms. The fourth-order valence-electron chi connectivity index (χ4n) is 3.36. The molecule has 0 radical (unpaired) electrons. The molecule has 0 bridgehead atoms. The number of anilines is 1. The van der Waals surface area contributed by atoms with Gasteiger partial charge in [-0.3, -0.25) is 9.59 Å². The minimum Gasteiger partial charge on any atom is -0.353 e. The lowest BCUT2D eigenvalue weighted by Gasteiger charge is -2.27. The maximum absolute atomic E-state index is 12.7. The van der Waals surface area contributed by atoms with E-state index in [9.17, 15) is 22.8 Å². The average Bonchev–Trinajstić information content (AvgIpc) is 3.21. The Labute approximate surface area is 144 Å². The normalized spacial score (nSPS) is 19.5. The van der Waals surface area contributed by atoms with Crippen molar-refractivity contribution in [2.24, 2.45) is 5.41 Å². The monoisotopic (exact) mass is 354 g/mol. The van der Waals surface area contributed by atoms with E-state index in [1.165, 1.54) is 12.1 Å². The zero-order valence-electron chi connectivity index (χ0n) is 13.8. The third-order valence-electron chi connectivity index (χ3n) is 4.95. The summed E-state index contributed by atoms with van der Waals surface area (Å²) in [6.07, 6.45) is 0.683. The van der Waals surface area contributed by atoms with Crippen LogP contribution in [0.4, 0.5) is 18.9 Å². The van der Waals surface area contributed by atoms with Gasteiger partial charge in [-0.1, -0.05) is 12.8 Å². The van der Waals surface area contributed by atoms with E-state index in [1.54, 1.807) is 0 Å². The van der Waals surface area contributed by atoms with Crippen molar-refractivity contribution >= 4 is 17.5 Å². The standard InChI is InChI=1S/C18H21F3N2O2/c19-18(20,21)12-3-5-14(6-4-12)23-16(25)17(9-1-2-10-17)11-15(24)22-13-7-8-13/h3-6,13H,1-2,7-11H2,(H,22,24)(H,23,25). The fraction of sp³-hybridized carbons (Fsp3) is 0.556. The van der Waals surface area contributed by atoms with Crippen LogP contribution < -0.4 is 10.6 Å². The maximum atomic E-state index is 12.7. The van der Waals surface area contributed by atoms with Gasteiger partial charge in [0.05, 0.1) is 11.0 Å². The zero-order chi connectivity index (χ0) is 18.1. The van der Waals surface area contributed by atoms with Gasteiger partial charge in [0.2, 0.25) is 11.8 Å². The van der Waals surface area contributed by atoms with Gasteiger partial charge in [0.1, 0.15) is 0 Å². The molecule has 1 aromatic carbocycles. The Morgan fingerprint density at radius 2 is 1.68 bits per heavy atom. The summed E-state index contributed by atoms with van der Waals surface area (Å²) in [5.41, 5.74) is -1.21. The van der Waals surface area contributed by atoms with Gasteiger partial charge < -0.3 is 10.6 Å². The first-order valence-corrected chi connectivity index (χ1v) is 8.57. The molecular formula is C18H21F3N2O2. The number of hydrogen-bond acceptors (Lipinski definition) is 2. The highest BCUT2D eigenvalue weighted by atomic mass is 19.4. The number of carbonyl (C=O) groups excluding carboxylic acids is 2. The third kappa shape index (κ3) is 4.32. The first-order chi connectivity index (χ1) is 11.8. The van der Waals surface area contributed by atoms with Crippen LogP contribution in [0, 0.1) is 5.41 Å². The minimum atomic E-state index is -4.41. The molecule has 2 N–H and O–H groups in total. The van der Waals surface area contributed by atoms with Gasteiger partial charge in [-0.2, -0.15) is 13.2 Å². The third-order valence-corrected chi connectivity index (χ3v) is 4.95. The van der Waals surface area contributed by atoms with E-state index in [4.69, 9.17) is 0 Å². The lowest BCUT2D eigenvalue weighted by Crippen LogP contribution is -2.39. The van der Waals surface area contributed by atoms with Crippen molar-refractivity contribution in [1.29, 1.82) is 0 Å². The molecule has 2 aliphatic carbocycles. The van der Waals surface area contributed by atoms with Crippen LogP contribution in [-0.4, -0.2) is 17.9 Å². The van der Waals surface area contributed by atoms with E-state index >= 15 is 0 Å². The van der Waals surface area contributed by atoms with Crippen LogP contribution in [0.3, 0.4) is 0 Å². The highest BCUT2D eigenvalue weighted by Crippen LogP contribution is 2.42. The second-order valence-corrected chi connectivity index (χ2v) is 7.04. The number of rotatable bonds is 5. The SMILES string of the molecule is O=C(CC1(C(=O)Nc2ccc(C(F)(F)F)cc2)CCCC1)NC1CC1. The lowest BCUT2D eigenvalue weighted by molar-refractivity contribution is -0.137. The van der Waals surface area contributed by atoms with Crippen molar-refractivity contribution in [2.45, 2.75) is 57.2 Å². The van der Waals surface area contributed by atoms with Crippen molar-refractivity contribution < 1.29 is 22.8 Å². The lowest BCUT2D eigenvalue weighted by atomic mass is 9.81. The van der Waals surface area contributed by atoms with Gasteiger partial charge >= 0.3 is 6.18 Å². The number of nitrogens with one attached hydrogen (secondary N) is 2. The van der Waals surface area contributed by atoms with E-state index in [0.29, 0.717) is 18.5 Å². The van der Waals surface area contributed by atoms with Gasteiger partial charge in [0, 0.05) is 18.2 Å². The van der Waals surface area contributed by atoms with Gasteiger partial charge in [-0.25, -0.2) is 0 Å². The van der Waals surface area contributed by atoms with Gasteiger partial charge in [0.15, 0.2) is 0 Å². The predicted octanol–water partition coefficient (Wildman–Crippen LogP) is 3.87. The van der Waals surface area contributed by atoms with Crippen LogP contribution >= 0.6 is 0 Å². The largest absolute Gasteiger partial charge is 0.416 e. The molecular weight excluding hydrogens is 333 g/mol. The highest BCUT2D eigenvalue weighted by molar-refractivity contribution is 5.98. The smallest absolute Gasteiger partial charge is 0.353 e. The average molecular weight is 354 g/mol. The molecule has 4 nitrogen and oxygen atoms in total. The van der Waals surface area contributed by atoms with Crippen molar-refractivity contribution in [3.63, 3.8) is 0 Å². The molecule has 0 unspecified atom stereocenters. The van der Waals surface area contributed by atoms with E-state index in [0.717, 1.165) is 37.8 Å². The Bertz CT molecular complexity index is 645. The maximum Gasteiger partial charge on any atom is 0.416 e. The first-order valence-electron chi connectivity index (χ1n) is 8.57. The molecule has 0 saturated heterocycles. The van der Waals surface area contributed by atoms with Gasteiger partial charge in [-0.05, 0) is 49.9 Å². The molecule has 0 aliphatic heterocycles. The van der Waals surface area contributed by atoms with E-state index in [1.807, 2.05) is 0 Å². The van der Waals surface area contributed by atoms with Crippen LogP contribution in [-0.2, 0) is 15.8 Å². The summed E-state index contributed by atoms with van der Waals surface area (Å²) < 4.78 is 37.8. The van der Waals surface area contributed by atoms with Crippen LogP contribution in [0.15, 0.2) is 24.3 Å². The second kappa shape index (κ2) is 6.69. The molecule has 2 saturated carbocycles. The number of carbonyl (C=O) groups is 2. The van der Waals surface area contributed by atoms with Crippen LogP contribution in [0.5, 0.6) is 0 Å². The fourth-order valence-corrected chi connectivity index (χ4v) is 3.36. The van der Waals surface area contributed by atoms with Crippen molar-refractivity contribution in [3.05, 3.63) is 29.8 Å². The van der Waals surface area contributed by atoms with E-state index < -0.39 is 17.2 Å². The molecule has 25 heavy (non-hydrogen) atoms. The van der Waals surface area contributed by atoms with Crippen molar-refractivity contribution in [2.75, 3.05) is 5.32 Å². The summed E-state index contributed by atoms with van der Waals surface area (Å²) in [4.78, 5) is 24.9. The number of amides is 2. The molecule has 2 fully saturated rings. The molecule has 3 rings (SSSR count). The summed E-state index contributed by atoms with van der Waals surface area (Å²) in [6.45, 7) is 0. The summed E-state index contributed by atoms with van der Waals surface area (Å²) in [7, 11) is 0. The van der Waals surface area contributed by atoms with Crippen molar-refractivity contribution in [1.82, 2.24) is 5.32 Å². The van der Waals surface area contributed by atoms with Crippen LogP contribution in [0.25, 0.3) is 0 Å². The molecule has 136 valence electrons. The van der Waals surface area contributed by atoms with E-state index in [2.05, 4.69) is 10.6 Å². The van der Waals surface area contributed by atoms with Crippen LogP contribution in [0.2, 0.25) is 0 Å². The highest BCUT2D eigenvalue weighted by Gasteiger charge is 2.43. The molecule has 0 aromatic heterocycles. The molecule has 1 aromatic rings. The Balaban J connectivity index is 1.67. The Kier molecular flexibility index (Phi) is 4.75. The summed E-state index contributed by atoms with van der Waals surface area (Å²) in [5.74, 6) is -0.400.